The molecule has 1 amide bonds. The zero-order valence-electron chi connectivity index (χ0n) is 20.2. The van der Waals surface area contributed by atoms with Crippen molar-refractivity contribution in [3.05, 3.63) is 84.6 Å². The van der Waals surface area contributed by atoms with Crippen LogP contribution in [-0.4, -0.2) is 40.2 Å². The molecule has 3 aromatic carbocycles. The Morgan fingerprint density at radius 1 is 1.03 bits per heavy atom. The number of aromatic nitrogens is 2. The molecule has 0 saturated carbocycles. The summed E-state index contributed by atoms with van der Waals surface area (Å²) < 4.78 is 7.88. The number of nitrogens with zero attached hydrogens (tertiary/aromatic N) is 3. The van der Waals surface area contributed by atoms with Crippen molar-refractivity contribution < 1.29 is 9.53 Å². The SMILES string of the molecule is CC1CCCN(CCn2ncc3ccc(NC(=O)Cc4ccc(Oc5ccccc5)cc4)cc32)C1. The third kappa shape index (κ3) is 6.08. The summed E-state index contributed by atoms with van der Waals surface area (Å²) >= 11 is 0. The fraction of sp³-hybridized carbons (Fsp3) is 0.310. The average molecular weight is 469 g/mol. The highest BCUT2D eigenvalue weighted by Crippen LogP contribution is 2.23. The normalized spacial score (nSPS) is 16.3. The molecule has 1 N–H and O–H groups in total. The van der Waals surface area contributed by atoms with Gasteiger partial charge in [-0.05, 0) is 73.3 Å². The number of likely N-dealkylation sites (tertiary alicyclic amines) is 1. The van der Waals surface area contributed by atoms with E-state index in [0.717, 1.165) is 52.7 Å². The van der Waals surface area contributed by atoms with Gasteiger partial charge in [0.2, 0.25) is 5.91 Å². The van der Waals surface area contributed by atoms with Crippen LogP contribution in [0.2, 0.25) is 0 Å². The van der Waals surface area contributed by atoms with Gasteiger partial charge in [-0.2, -0.15) is 5.10 Å². The Morgan fingerprint density at radius 3 is 2.63 bits per heavy atom. The summed E-state index contributed by atoms with van der Waals surface area (Å²) in [6.07, 6.45) is 4.81. The van der Waals surface area contributed by atoms with Gasteiger partial charge >= 0.3 is 0 Å². The quantitative estimate of drug-likeness (QED) is 0.358. The van der Waals surface area contributed by atoms with E-state index in [2.05, 4.69) is 26.9 Å². The minimum Gasteiger partial charge on any atom is -0.457 e. The number of carbonyl (C=O) groups excluding carboxylic acids is 1. The maximum absolute atomic E-state index is 12.7. The summed E-state index contributed by atoms with van der Waals surface area (Å²) in [5.41, 5.74) is 2.78. The summed E-state index contributed by atoms with van der Waals surface area (Å²) in [5, 5.41) is 8.72. The van der Waals surface area contributed by atoms with E-state index in [0.29, 0.717) is 6.42 Å². The molecule has 6 heteroatoms. The Balaban J connectivity index is 1.18. The molecule has 1 saturated heterocycles. The van der Waals surface area contributed by atoms with E-state index in [1.165, 1.54) is 25.9 Å². The summed E-state index contributed by atoms with van der Waals surface area (Å²) in [5.74, 6) is 2.26. The molecule has 1 atom stereocenters. The molecule has 4 aromatic rings. The molecule has 1 unspecified atom stereocenters. The number of nitrogens with one attached hydrogen (secondary N) is 1. The zero-order chi connectivity index (χ0) is 24.0. The molecular weight excluding hydrogens is 436 g/mol. The van der Waals surface area contributed by atoms with Crippen LogP contribution in [0.15, 0.2) is 79.0 Å². The number of fused-ring (bicyclic) bond motifs is 1. The molecule has 1 aliphatic rings. The van der Waals surface area contributed by atoms with E-state index >= 15 is 0 Å². The fourth-order valence-corrected chi connectivity index (χ4v) is 4.74. The van der Waals surface area contributed by atoms with Crippen LogP contribution in [-0.2, 0) is 17.8 Å². The number of piperidine rings is 1. The minimum absolute atomic E-state index is 0.0468. The van der Waals surface area contributed by atoms with Crippen LogP contribution in [0.4, 0.5) is 5.69 Å². The number of carbonyl (C=O) groups is 1. The van der Waals surface area contributed by atoms with Crippen molar-refractivity contribution in [1.82, 2.24) is 14.7 Å². The van der Waals surface area contributed by atoms with Gasteiger partial charge in [0.15, 0.2) is 0 Å². The highest BCUT2D eigenvalue weighted by Gasteiger charge is 2.16. The number of rotatable bonds is 8. The monoisotopic (exact) mass is 468 g/mol. The Hall–Kier alpha value is -3.64. The van der Waals surface area contributed by atoms with Crippen LogP contribution in [0.3, 0.4) is 0 Å². The van der Waals surface area contributed by atoms with Gasteiger partial charge in [0.25, 0.3) is 0 Å². The van der Waals surface area contributed by atoms with Gasteiger partial charge in [-0.15, -0.1) is 0 Å². The Bertz CT molecular complexity index is 1270. The van der Waals surface area contributed by atoms with Gasteiger partial charge in [0, 0.05) is 24.2 Å². The van der Waals surface area contributed by atoms with Crippen molar-refractivity contribution in [1.29, 1.82) is 0 Å². The van der Waals surface area contributed by atoms with Gasteiger partial charge in [0.05, 0.1) is 24.7 Å². The predicted molar refractivity (Wildman–Crippen MR) is 140 cm³/mol. The van der Waals surface area contributed by atoms with E-state index in [1.807, 2.05) is 79.0 Å². The van der Waals surface area contributed by atoms with Crippen LogP contribution < -0.4 is 10.1 Å². The van der Waals surface area contributed by atoms with E-state index in [4.69, 9.17) is 4.74 Å². The molecule has 35 heavy (non-hydrogen) atoms. The molecule has 0 spiro atoms. The molecule has 180 valence electrons. The van der Waals surface area contributed by atoms with Crippen molar-refractivity contribution >= 4 is 22.5 Å². The van der Waals surface area contributed by atoms with Gasteiger partial charge < -0.3 is 15.0 Å². The molecule has 0 aliphatic carbocycles. The lowest BCUT2D eigenvalue weighted by Gasteiger charge is -2.30. The maximum Gasteiger partial charge on any atom is 0.228 e. The maximum atomic E-state index is 12.7. The second-order valence-electron chi connectivity index (χ2n) is 9.47. The minimum atomic E-state index is -0.0468. The summed E-state index contributed by atoms with van der Waals surface area (Å²) in [6.45, 7) is 6.52. The molecule has 0 radical (unpaired) electrons. The molecule has 5 rings (SSSR count). The van der Waals surface area contributed by atoms with Gasteiger partial charge in [-0.25, -0.2) is 0 Å². The van der Waals surface area contributed by atoms with Crippen molar-refractivity contribution in [2.24, 2.45) is 5.92 Å². The number of ether oxygens (including phenoxy) is 1. The fourth-order valence-electron chi connectivity index (χ4n) is 4.74. The highest BCUT2D eigenvalue weighted by molar-refractivity contribution is 5.94. The number of hydrogen-bond acceptors (Lipinski definition) is 4. The predicted octanol–water partition coefficient (Wildman–Crippen LogP) is 5.74. The first kappa shape index (κ1) is 23.1. The van der Waals surface area contributed by atoms with E-state index < -0.39 is 0 Å². The molecule has 6 nitrogen and oxygen atoms in total. The van der Waals surface area contributed by atoms with Crippen LogP contribution in [0, 0.1) is 5.92 Å². The number of benzene rings is 3. The van der Waals surface area contributed by atoms with Gasteiger partial charge in [-0.1, -0.05) is 37.3 Å². The second-order valence-corrected chi connectivity index (χ2v) is 9.47. The van der Waals surface area contributed by atoms with E-state index in [1.54, 1.807) is 0 Å². The van der Waals surface area contributed by atoms with Crippen LogP contribution in [0.1, 0.15) is 25.3 Å². The van der Waals surface area contributed by atoms with E-state index in [9.17, 15) is 4.79 Å². The third-order valence-corrected chi connectivity index (χ3v) is 6.56. The lowest BCUT2D eigenvalue weighted by atomic mass is 10.0. The molecule has 2 heterocycles. The smallest absolute Gasteiger partial charge is 0.228 e. The standard InChI is InChI=1S/C29H32N4O2/c1-22-6-5-15-32(21-22)16-17-33-28-19-25(12-11-24(28)20-30-33)31-29(34)18-23-9-13-27(14-10-23)35-26-7-3-2-4-8-26/h2-4,7-14,19-20,22H,5-6,15-18,21H2,1H3,(H,31,34). The lowest BCUT2D eigenvalue weighted by molar-refractivity contribution is -0.115. The van der Waals surface area contributed by atoms with E-state index in [-0.39, 0.29) is 5.91 Å². The molecule has 0 bridgehead atoms. The van der Waals surface area contributed by atoms with Crippen molar-refractivity contribution in [2.75, 3.05) is 25.0 Å². The molecule has 1 aliphatic heterocycles. The topological polar surface area (TPSA) is 59.4 Å². The number of amides is 1. The first-order chi connectivity index (χ1) is 17.1. The number of para-hydroxylation sites is 1. The average Bonchev–Trinajstić information content (AvgIpc) is 3.27. The Morgan fingerprint density at radius 2 is 1.83 bits per heavy atom. The van der Waals surface area contributed by atoms with Gasteiger partial charge in [-0.3, -0.25) is 9.48 Å². The Labute approximate surface area is 206 Å². The molecule has 1 aromatic heterocycles. The molecular formula is C29H32N4O2. The largest absolute Gasteiger partial charge is 0.457 e. The second kappa shape index (κ2) is 10.7. The zero-order valence-corrected chi connectivity index (χ0v) is 20.2. The number of hydrogen-bond donors (Lipinski definition) is 1. The Kier molecular flexibility index (Phi) is 7.09. The summed E-state index contributed by atoms with van der Waals surface area (Å²) in [6, 6.07) is 23.3. The van der Waals surface area contributed by atoms with Crippen LogP contribution in [0.25, 0.3) is 10.9 Å². The van der Waals surface area contributed by atoms with Crippen molar-refractivity contribution in [3.8, 4) is 11.5 Å². The molecule has 1 fully saturated rings. The number of anilines is 1. The lowest BCUT2D eigenvalue weighted by Crippen LogP contribution is -2.36. The summed E-state index contributed by atoms with van der Waals surface area (Å²) in [7, 11) is 0. The third-order valence-electron chi connectivity index (χ3n) is 6.56. The van der Waals surface area contributed by atoms with Crippen LogP contribution >= 0.6 is 0 Å². The highest BCUT2D eigenvalue weighted by atomic mass is 16.5. The summed E-state index contributed by atoms with van der Waals surface area (Å²) in [4.78, 5) is 15.2. The first-order valence-corrected chi connectivity index (χ1v) is 12.4. The van der Waals surface area contributed by atoms with Crippen LogP contribution in [0.5, 0.6) is 11.5 Å². The first-order valence-electron chi connectivity index (χ1n) is 12.4. The van der Waals surface area contributed by atoms with Crippen molar-refractivity contribution in [2.45, 2.75) is 32.7 Å². The van der Waals surface area contributed by atoms with Crippen molar-refractivity contribution in [3.63, 3.8) is 0 Å². The van der Waals surface area contributed by atoms with Gasteiger partial charge in [0.1, 0.15) is 11.5 Å².